The van der Waals surface area contributed by atoms with Crippen molar-refractivity contribution in [1.29, 1.82) is 0 Å². The number of Topliss-reactive ketones (excluding diaryl/α,β-unsaturated/α-hetero) is 1. The minimum absolute atomic E-state index is 0.0789. The summed E-state index contributed by atoms with van der Waals surface area (Å²) in [5.74, 6) is -1.70. The van der Waals surface area contributed by atoms with Gasteiger partial charge in [0.2, 0.25) is 5.91 Å². The molecule has 1 spiro atoms. The van der Waals surface area contributed by atoms with Gasteiger partial charge in [0.25, 0.3) is 5.79 Å². The zero-order valence-electron chi connectivity index (χ0n) is 18.0. The Labute approximate surface area is 189 Å². The quantitative estimate of drug-likeness (QED) is 0.382. The van der Waals surface area contributed by atoms with Crippen molar-refractivity contribution in [3.8, 4) is 23.0 Å². The Morgan fingerprint density at radius 3 is 2.48 bits per heavy atom. The molecular formula is C24H23N3O6. The first-order valence-electron chi connectivity index (χ1n) is 10.4. The molecule has 3 aromatic rings. The molecular weight excluding hydrogens is 426 g/mol. The highest BCUT2D eigenvalue weighted by atomic mass is 16.7. The number of benzene rings is 3. The summed E-state index contributed by atoms with van der Waals surface area (Å²) in [4.78, 5) is 24.8. The molecule has 2 unspecified atom stereocenters. The molecule has 33 heavy (non-hydrogen) atoms. The van der Waals surface area contributed by atoms with Crippen molar-refractivity contribution in [3.05, 3.63) is 59.7 Å². The van der Waals surface area contributed by atoms with Crippen LogP contribution in [0.1, 0.15) is 36.2 Å². The molecule has 9 heteroatoms. The third kappa shape index (κ3) is 3.08. The van der Waals surface area contributed by atoms with Gasteiger partial charge in [0, 0.05) is 11.8 Å². The molecule has 1 heterocycles. The zero-order valence-corrected chi connectivity index (χ0v) is 18.0. The Bertz CT molecular complexity index is 1310. The topological polar surface area (TPSA) is 143 Å². The van der Waals surface area contributed by atoms with E-state index >= 15 is 0 Å². The van der Waals surface area contributed by atoms with E-state index < -0.39 is 23.3 Å². The first-order valence-corrected chi connectivity index (χ1v) is 10.4. The van der Waals surface area contributed by atoms with Crippen molar-refractivity contribution >= 4 is 22.5 Å². The molecule has 0 aromatic heterocycles. The van der Waals surface area contributed by atoms with Crippen LogP contribution in [0.4, 0.5) is 0 Å². The van der Waals surface area contributed by atoms with Crippen LogP contribution in [0.25, 0.3) is 10.8 Å². The fourth-order valence-electron chi connectivity index (χ4n) is 4.30. The summed E-state index contributed by atoms with van der Waals surface area (Å²) in [6.07, 6.45) is -0.101. The molecule has 0 saturated carbocycles. The Hall–Kier alpha value is -3.82. The second kappa shape index (κ2) is 7.09. The number of carbonyl (C=O) groups is 2. The molecule has 5 rings (SSSR count). The summed E-state index contributed by atoms with van der Waals surface area (Å²) in [6, 6.07) is 12.3. The predicted molar refractivity (Wildman–Crippen MR) is 119 cm³/mol. The van der Waals surface area contributed by atoms with Gasteiger partial charge in [-0.25, -0.2) is 10.9 Å². The number of hydrazine groups is 1. The Morgan fingerprint density at radius 1 is 1.06 bits per heavy atom. The molecule has 170 valence electrons. The Kier molecular flexibility index (Phi) is 4.52. The fraction of sp³-hybridized carbons (Fsp3) is 0.250. The average Bonchev–Trinajstić information content (AvgIpc) is 2.77. The summed E-state index contributed by atoms with van der Waals surface area (Å²) in [7, 11) is 0. The van der Waals surface area contributed by atoms with Crippen molar-refractivity contribution in [2.75, 3.05) is 0 Å². The number of hydrogen-bond donors (Lipinski definition) is 5. The molecule has 2 aliphatic rings. The summed E-state index contributed by atoms with van der Waals surface area (Å²) in [6.45, 7) is 3.20. The second-order valence-corrected chi connectivity index (χ2v) is 8.77. The van der Waals surface area contributed by atoms with E-state index in [1.54, 1.807) is 50.2 Å². The number of nitrogens with two attached hydrogens (primary N) is 1. The highest BCUT2D eigenvalue weighted by Crippen LogP contribution is 2.51. The Balaban J connectivity index is 1.68. The molecule has 9 nitrogen and oxygen atoms in total. The zero-order chi connectivity index (χ0) is 23.5. The maximum Gasteiger partial charge on any atom is 0.296 e. The van der Waals surface area contributed by atoms with Crippen LogP contribution in [0.5, 0.6) is 23.0 Å². The van der Waals surface area contributed by atoms with Crippen molar-refractivity contribution in [3.63, 3.8) is 0 Å². The van der Waals surface area contributed by atoms with Gasteiger partial charge in [0.15, 0.2) is 5.78 Å². The molecule has 0 saturated heterocycles. The van der Waals surface area contributed by atoms with Crippen LogP contribution >= 0.6 is 0 Å². The lowest BCUT2D eigenvalue weighted by atomic mass is 9.81. The number of ketones is 1. The first-order chi connectivity index (χ1) is 15.6. The van der Waals surface area contributed by atoms with E-state index in [-0.39, 0.29) is 29.3 Å². The predicted octanol–water partition coefficient (Wildman–Crippen LogP) is 2.19. The van der Waals surface area contributed by atoms with Crippen molar-refractivity contribution < 1.29 is 29.3 Å². The van der Waals surface area contributed by atoms with Gasteiger partial charge in [0.05, 0.1) is 16.5 Å². The lowest BCUT2D eigenvalue weighted by Crippen LogP contribution is -2.67. The SMILES string of the molecule is CC(C)(NNC1CC(=O)c2c(O)cccc2C12Oc1cccc3c(O)ccc(c13)O2)C(N)=O. The number of hydrogen-bond acceptors (Lipinski definition) is 8. The van der Waals surface area contributed by atoms with Gasteiger partial charge in [-0.2, -0.15) is 0 Å². The third-order valence-corrected chi connectivity index (χ3v) is 6.18. The summed E-state index contributed by atoms with van der Waals surface area (Å²) in [5, 5.41) is 21.9. The molecule has 0 fully saturated rings. The van der Waals surface area contributed by atoms with Crippen LogP contribution in [0, 0.1) is 0 Å². The van der Waals surface area contributed by atoms with E-state index in [9.17, 15) is 19.8 Å². The smallest absolute Gasteiger partial charge is 0.296 e. The number of carbonyl (C=O) groups excluding carboxylic acids is 2. The molecule has 1 amide bonds. The third-order valence-electron chi connectivity index (χ3n) is 6.18. The molecule has 0 radical (unpaired) electrons. The largest absolute Gasteiger partial charge is 0.507 e. The number of phenolic OH excluding ortho intramolecular Hbond substituents is 2. The van der Waals surface area contributed by atoms with Gasteiger partial charge < -0.3 is 25.4 Å². The van der Waals surface area contributed by atoms with Crippen LogP contribution in [0.3, 0.4) is 0 Å². The Morgan fingerprint density at radius 2 is 1.76 bits per heavy atom. The van der Waals surface area contributed by atoms with Gasteiger partial charge in [-0.15, -0.1) is 0 Å². The lowest BCUT2D eigenvalue weighted by molar-refractivity contribution is -0.159. The summed E-state index contributed by atoms with van der Waals surface area (Å²) < 4.78 is 12.9. The van der Waals surface area contributed by atoms with Crippen molar-refractivity contribution in [1.82, 2.24) is 10.9 Å². The number of fused-ring (bicyclic) bond motifs is 2. The van der Waals surface area contributed by atoms with E-state index in [2.05, 4.69) is 10.9 Å². The number of aromatic hydroxyl groups is 2. The minimum Gasteiger partial charge on any atom is -0.507 e. The molecule has 0 bridgehead atoms. The number of ether oxygens (including phenoxy) is 2. The van der Waals surface area contributed by atoms with Gasteiger partial charge in [-0.1, -0.05) is 24.3 Å². The number of rotatable bonds is 4. The average molecular weight is 449 g/mol. The van der Waals surface area contributed by atoms with Gasteiger partial charge in [-0.3, -0.25) is 9.59 Å². The van der Waals surface area contributed by atoms with Crippen molar-refractivity contribution in [2.45, 2.75) is 37.6 Å². The molecule has 6 N–H and O–H groups in total. The number of phenols is 2. The summed E-state index contributed by atoms with van der Waals surface area (Å²) in [5.41, 5.74) is 10.7. The van der Waals surface area contributed by atoms with Crippen LogP contribution in [-0.4, -0.2) is 33.5 Å². The standard InChI is InChI=1S/C24H23N3O6/c1-23(2,22(25)31)27-26-19-11-16(30)21-13(6-4-7-15(21)29)24(19)32-17-8-3-5-12-14(28)9-10-18(33-24)20(12)17/h3-10,19,26-29H,11H2,1-2H3,(H2,25,31). The van der Waals surface area contributed by atoms with Crippen LogP contribution < -0.4 is 26.1 Å². The van der Waals surface area contributed by atoms with Gasteiger partial charge in [0.1, 0.15) is 34.6 Å². The highest BCUT2D eigenvalue weighted by Gasteiger charge is 2.55. The molecule has 1 aliphatic carbocycles. The van der Waals surface area contributed by atoms with E-state index in [1.165, 1.54) is 12.1 Å². The first kappa shape index (κ1) is 21.0. The van der Waals surface area contributed by atoms with E-state index in [0.717, 1.165) is 0 Å². The lowest BCUT2D eigenvalue weighted by Gasteiger charge is -2.47. The number of primary amides is 1. The van der Waals surface area contributed by atoms with Crippen LogP contribution in [0.2, 0.25) is 0 Å². The minimum atomic E-state index is -1.57. The van der Waals surface area contributed by atoms with Crippen LogP contribution in [0.15, 0.2) is 48.5 Å². The number of amides is 1. The normalized spacial score (nSPS) is 21.4. The number of nitrogens with one attached hydrogen (secondary N) is 2. The van der Waals surface area contributed by atoms with E-state index in [0.29, 0.717) is 27.8 Å². The van der Waals surface area contributed by atoms with Crippen LogP contribution in [-0.2, 0) is 10.6 Å². The van der Waals surface area contributed by atoms with Gasteiger partial charge >= 0.3 is 0 Å². The van der Waals surface area contributed by atoms with E-state index in [1.807, 2.05) is 0 Å². The molecule has 1 aliphatic heterocycles. The monoisotopic (exact) mass is 449 g/mol. The fourth-order valence-corrected chi connectivity index (χ4v) is 4.30. The highest BCUT2D eigenvalue weighted by molar-refractivity contribution is 6.03. The molecule has 2 atom stereocenters. The van der Waals surface area contributed by atoms with E-state index in [4.69, 9.17) is 15.2 Å². The molecule has 3 aromatic carbocycles. The second-order valence-electron chi connectivity index (χ2n) is 8.77. The maximum absolute atomic E-state index is 13.0. The van der Waals surface area contributed by atoms with Crippen molar-refractivity contribution in [2.24, 2.45) is 5.73 Å². The van der Waals surface area contributed by atoms with Gasteiger partial charge in [-0.05, 0) is 38.1 Å². The summed E-state index contributed by atoms with van der Waals surface area (Å²) >= 11 is 0. The maximum atomic E-state index is 13.0.